The van der Waals surface area contributed by atoms with E-state index in [1.807, 2.05) is 12.1 Å². The van der Waals surface area contributed by atoms with Crippen LogP contribution in [0, 0.1) is 0 Å². The summed E-state index contributed by atoms with van der Waals surface area (Å²) in [5, 5.41) is 2.77. The third kappa shape index (κ3) is 4.78. The smallest absolute Gasteiger partial charge is 0.251 e. The van der Waals surface area contributed by atoms with Gasteiger partial charge in [0, 0.05) is 25.1 Å². The zero-order chi connectivity index (χ0) is 12.7. The second-order valence-electron chi connectivity index (χ2n) is 3.96. The van der Waals surface area contributed by atoms with Crippen LogP contribution in [0.5, 0.6) is 0 Å². The number of rotatable bonds is 6. The highest BCUT2D eigenvalue weighted by Gasteiger charge is 2.04. The van der Waals surface area contributed by atoms with Gasteiger partial charge < -0.3 is 15.8 Å². The first-order chi connectivity index (χ1) is 8.13. The molecule has 1 rings (SSSR count). The minimum Gasteiger partial charge on any atom is -0.352 e. The van der Waals surface area contributed by atoms with Gasteiger partial charge in [-0.2, -0.15) is 0 Å². The number of carbonyl (C=O) groups excluding carboxylic acids is 2. The number of hydrogen-bond acceptors (Lipinski definition) is 3. The molecule has 4 nitrogen and oxygen atoms in total. The Hall–Kier alpha value is -1.68. The zero-order valence-corrected chi connectivity index (χ0v) is 10.0. The van der Waals surface area contributed by atoms with Gasteiger partial charge in [0.1, 0.15) is 5.78 Å². The van der Waals surface area contributed by atoms with Gasteiger partial charge >= 0.3 is 0 Å². The van der Waals surface area contributed by atoms with Gasteiger partial charge in [0.25, 0.3) is 5.91 Å². The lowest BCUT2D eigenvalue weighted by Crippen LogP contribution is -2.24. The molecular formula is C13H18N2O2. The average molecular weight is 234 g/mol. The number of ketones is 1. The molecule has 0 saturated heterocycles. The minimum atomic E-state index is -0.114. The predicted octanol–water partition coefficient (Wildman–Crippen LogP) is 1.24. The summed E-state index contributed by atoms with van der Waals surface area (Å²) in [6.45, 7) is 2.55. The molecule has 0 aromatic heterocycles. The fraction of sp³-hybridized carbons (Fsp3) is 0.385. The first-order valence-electron chi connectivity index (χ1n) is 5.70. The van der Waals surface area contributed by atoms with Crippen LogP contribution < -0.4 is 11.1 Å². The Balaban J connectivity index is 2.38. The van der Waals surface area contributed by atoms with E-state index in [2.05, 4.69) is 5.32 Å². The molecule has 1 aromatic rings. The Morgan fingerprint density at radius 3 is 2.41 bits per heavy atom. The Morgan fingerprint density at radius 1 is 1.24 bits per heavy atom. The van der Waals surface area contributed by atoms with Crippen LogP contribution in [-0.2, 0) is 11.3 Å². The van der Waals surface area contributed by atoms with E-state index >= 15 is 0 Å². The number of amides is 1. The standard InChI is InChI=1S/C13H18N2O2/c1-10(16)3-2-8-15-13(17)12-6-4-11(9-14)5-7-12/h4-7H,2-3,8-9,14H2,1H3,(H,15,17). The van der Waals surface area contributed by atoms with Gasteiger partial charge in [-0.1, -0.05) is 12.1 Å². The Labute approximate surface area is 101 Å². The Kier molecular flexibility index (Phi) is 5.36. The zero-order valence-electron chi connectivity index (χ0n) is 10.0. The fourth-order valence-corrected chi connectivity index (χ4v) is 1.43. The van der Waals surface area contributed by atoms with Gasteiger partial charge in [-0.05, 0) is 31.0 Å². The molecule has 4 heteroatoms. The number of nitrogens with one attached hydrogen (secondary N) is 1. The van der Waals surface area contributed by atoms with Crippen LogP contribution in [0.15, 0.2) is 24.3 Å². The SMILES string of the molecule is CC(=O)CCCNC(=O)c1ccc(CN)cc1. The van der Waals surface area contributed by atoms with Crippen molar-refractivity contribution < 1.29 is 9.59 Å². The quantitative estimate of drug-likeness (QED) is 0.727. The molecule has 1 amide bonds. The van der Waals surface area contributed by atoms with E-state index in [9.17, 15) is 9.59 Å². The molecule has 1 aromatic carbocycles. The maximum atomic E-state index is 11.7. The number of carbonyl (C=O) groups is 2. The average Bonchev–Trinajstić information content (AvgIpc) is 2.34. The summed E-state index contributed by atoms with van der Waals surface area (Å²) in [4.78, 5) is 22.4. The molecule has 3 N–H and O–H groups in total. The summed E-state index contributed by atoms with van der Waals surface area (Å²) >= 11 is 0. The number of benzene rings is 1. The second kappa shape index (κ2) is 6.81. The van der Waals surface area contributed by atoms with E-state index in [4.69, 9.17) is 5.73 Å². The van der Waals surface area contributed by atoms with Gasteiger partial charge in [-0.15, -0.1) is 0 Å². The van der Waals surface area contributed by atoms with Crippen molar-refractivity contribution in [1.29, 1.82) is 0 Å². The maximum absolute atomic E-state index is 11.7. The van der Waals surface area contributed by atoms with Crippen molar-refractivity contribution in [2.75, 3.05) is 6.54 Å². The summed E-state index contributed by atoms with van der Waals surface area (Å²) in [7, 11) is 0. The molecule has 0 atom stereocenters. The van der Waals surface area contributed by atoms with Crippen molar-refractivity contribution in [3.05, 3.63) is 35.4 Å². The molecule has 0 bridgehead atoms. The first kappa shape index (κ1) is 13.4. The number of Topliss-reactive ketones (excluding diaryl/α,β-unsaturated/α-hetero) is 1. The molecule has 0 aliphatic rings. The van der Waals surface area contributed by atoms with E-state index in [1.165, 1.54) is 0 Å². The molecule has 0 aliphatic heterocycles. The van der Waals surface area contributed by atoms with Crippen molar-refractivity contribution in [2.45, 2.75) is 26.3 Å². The molecule has 0 unspecified atom stereocenters. The largest absolute Gasteiger partial charge is 0.352 e. The number of hydrogen-bond donors (Lipinski definition) is 2. The van der Waals surface area contributed by atoms with E-state index in [1.54, 1.807) is 19.1 Å². The van der Waals surface area contributed by atoms with E-state index in [0.29, 0.717) is 31.5 Å². The minimum absolute atomic E-state index is 0.114. The van der Waals surface area contributed by atoms with Crippen LogP contribution in [0.3, 0.4) is 0 Å². The molecule has 0 heterocycles. The van der Waals surface area contributed by atoms with Crippen LogP contribution in [0.1, 0.15) is 35.7 Å². The molecule has 17 heavy (non-hydrogen) atoms. The van der Waals surface area contributed by atoms with Crippen molar-refractivity contribution in [2.24, 2.45) is 5.73 Å². The van der Waals surface area contributed by atoms with Crippen molar-refractivity contribution in [3.63, 3.8) is 0 Å². The molecule has 0 spiro atoms. The van der Waals surface area contributed by atoms with Crippen LogP contribution in [0.4, 0.5) is 0 Å². The van der Waals surface area contributed by atoms with Crippen molar-refractivity contribution in [3.8, 4) is 0 Å². The lowest BCUT2D eigenvalue weighted by molar-refractivity contribution is -0.117. The summed E-state index contributed by atoms with van der Waals surface area (Å²) in [5.74, 6) is 0.0312. The highest BCUT2D eigenvalue weighted by molar-refractivity contribution is 5.94. The predicted molar refractivity (Wildman–Crippen MR) is 66.6 cm³/mol. The lowest BCUT2D eigenvalue weighted by Gasteiger charge is -2.05. The third-order valence-electron chi connectivity index (χ3n) is 2.44. The molecule has 92 valence electrons. The topological polar surface area (TPSA) is 72.2 Å². The maximum Gasteiger partial charge on any atom is 0.251 e. The van der Waals surface area contributed by atoms with Crippen LogP contribution in [-0.4, -0.2) is 18.2 Å². The third-order valence-corrected chi connectivity index (χ3v) is 2.44. The van der Waals surface area contributed by atoms with Crippen LogP contribution >= 0.6 is 0 Å². The van der Waals surface area contributed by atoms with Crippen molar-refractivity contribution >= 4 is 11.7 Å². The molecule has 0 saturated carbocycles. The molecule has 0 aliphatic carbocycles. The fourth-order valence-electron chi connectivity index (χ4n) is 1.43. The summed E-state index contributed by atoms with van der Waals surface area (Å²) < 4.78 is 0. The summed E-state index contributed by atoms with van der Waals surface area (Å²) in [5.41, 5.74) is 7.08. The van der Waals surface area contributed by atoms with Crippen LogP contribution in [0.2, 0.25) is 0 Å². The molecular weight excluding hydrogens is 216 g/mol. The molecule has 0 radical (unpaired) electrons. The van der Waals surface area contributed by atoms with E-state index in [-0.39, 0.29) is 11.7 Å². The van der Waals surface area contributed by atoms with Crippen molar-refractivity contribution in [1.82, 2.24) is 5.32 Å². The van der Waals surface area contributed by atoms with E-state index < -0.39 is 0 Å². The Bertz CT molecular complexity index is 385. The Morgan fingerprint density at radius 2 is 1.88 bits per heavy atom. The van der Waals surface area contributed by atoms with Gasteiger partial charge in [-0.3, -0.25) is 4.79 Å². The summed E-state index contributed by atoms with van der Waals surface area (Å²) in [6.07, 6.45) is 1.19. The van der Waals surface area contributed by atoms with Gasteiger partial charge in [-0.25, -0.2) is 0 Å². The summed E-state index contributed by atoms with van der Waals surface area (Å²) in [6, 6.07) is 7.18. The van der Waals surface area contributed by atoms with Gasteiger partial charge in [0.2, 0.25) is 0 Å². The highest BCUT2D eigenvalue weighted by atomic mass is 16.1. The normalized spacial score (nSPS) is 10.0. The molecule has 0 fully saturated rings. The second-order valence-corrected chi connectivity index (χ2v) is 3.96. The number of nitrogens with two attached hydrogens (primary N) is 1. The van der Waals surface area contributed by atoms with Gasteiger partial charge in [0.15, 0.2) is 0 Å². The van der Waals surface area contributed by atoms with Gasteiger partial charge in [0.05, 0.1) is 0 Å². The lowest BCUT2D eigenvalue weighted by atomic mass is 10.1. The highest BCUT2D eigenvalue weighted by Crippen LogP contribution is 2.03. The monoisotopic (exact) mass is 234 g/mol. The van der Waals surface area contributed by atoms with Crippen LogP contribution in [0.25, 0.3) is 0 Å². The first-order valence-corrected chi connectivity index (χ1v) is 5.70. The van der Waals surface area contributed by atoms with E-state index in [0.717, 1.165) is 5.56 Å².